The van der Waals surface area contributed by atoms with Crippen molar-refractivity contribution in [3.05, 3.63) is 85.1 Å². The van der Waals surface area contributed by atoms with E-state index < -0.39 is 18.1 Å². The van der Waals surface area contributed by atoms with E-state index in [1.54, 1.807) is 21.1 Å². The monoisotopic (exact) mass is 936 g/mol. The molecule has 0 radical (unpaired) electrons. The van der Waals surface area contributed by atoms with Crippen LogP contribution in [0.2, 0.25) is 0 Å². The molecule has 0 amide bonds. The first kappa shape index (κ1) is 63.5. The van der Waals surface area contributed by atoms with Crippen molar-refractivity contribution < 1.29 is 38.2 Å². The van der Waals surface area contributed by atoms with E-state index in [9.17, 15) is 19.5 Å². The van der Waals surface area contributed by atoms with Crippen LogP contribution in [0.25, 0.3) is 0 Å². The number of carbonyl (C=O) groups excluding carboxylic acids is 3. The molecule has 2 unspecified atom stereocenters. The topological polar surface area (TPSA) is 102 Å². The molecule has 0 aliphatic rings. The molecule has 67 heavy (non-hydrogen) atoms. The van der Waals surface area contributed by atoms with Crippen LogP contribution in [0.3, 0.4) is 0 Å². The highest BCUT2D eigenvalue weighted by Crippen LogP contribution is 2.15. The van der Waals surface area contributed by atoms with Crippen LogP contribution < -0.4 is 5.11 Å². The SMILES string of the molecule is CC/C=C/C/C=C/C/C=C/C/C=C/CCCCCCCCCC(=O)OCC(COCCC(C(=O)[O-])[N+](C)(C)C)OC(=O)CCCCCCCCCCCCCCC/C=C/C/C=C/C/C=C/CC. The van der Waals surface area contributed by atoms with Crippen molar-refractivity contribution in [1.82, 2.24) is 0 Å². The minimum Gasteiger partial charge on any atom is -0.544 e. The molecule has 0 heterocycles. The van der Waals surface area contributed by atoms with Crippen molar-refractivity contribution in [3.63, 3.8) is 0 Å². The van der Waals surface area contributed by atoms with Gasteiger partial charge in [0.15, 0.2) is 6.10 Å². The Morgan fingerprint density at radius 2 is 0.791 bits per heavy atom. The Bertz CT molecular complexity index is 1370. The number of nitrogens with zero attached hydrogens (tertiary/aromatic N) is 1. The van der Waals surface area contributed by atoms with E-state index >= 15 is 0 Å². The van der Waals surface area contributed by atoms with Crippen LogP contribution in [0.1, 0.15) is 219 Å². The summed E-state index contributed by atoms with van der Waals surface area (Å²) in [6, 6.07) is -0.732. The fraction of sp³-hybridized carbons (Fsp3) is 0.712. The van der Waals surface area contributed by atoms with Gasteiger partial charge in [-0.25, -0.2) is 0 Å². The lowest BCUT2D eigenvalue weighted by Crippen LogP contribution is -2.55. The second-order valence-electron chi connectivity index (χ2n) is 19.1. The molecule has 0 rings (SSSR count). The molecule has 0 aromatic rings. The van der Waals surface area contributed by atoms with E-state index in [1.807, 2.05) is 0 Å². The van der Waals surface area contributed by atoms with E-state index in [2.05, 4.69) is 98.9 Å². The quantitative estimate of drug-likeness (QED) is 0.0259. The predicted molar refractivity (Wildman–Crippen MR) is 282 cm³/mol. The van der Waals surface area contributed by atoms with Gasteiger partial charge >= 0.3 is 11.9 Å². The number of carboxylic acid groups (broad SMARTS) is 1. The molecule has 8 heteroatoms. The third kappa shape index (κ3) is 47.4. The summed E-state index contributed by atoms with van der Waals surface area (Å²) >= 11 is 0. The normalized spacial score (nSPS) is 13.5. The summed E-state index contributed by atoms with van der Waals surface area (Å²) in [7, 11) is 5.41. The van der Waals surface area contributed by atoms with Crippen LogP contribution in [0.4, 0.5) is 0 Å². The zero-order valence-corrected chi connectivity index (χ0v) is 43.8. The summed E-state index contributed by atoms with van der Waals surface area (Å²) in [6.07, 6.45) is 64.7. The average molecular weight is 936 g/mol. The summed E-state index contributed by atoms with van der Waals surface area (Å²) in [6.45, 7) is 4.44. The average Bonchev–Trinajstić information content (AvgIpc) is 3.29. The van der Waals surface area contributed by atoms with Crippen LogP contribution in [0, 0.1) is 0 Å². The lowest BCUT2D eigenvalue weighted by Gasteiger charge is -2.34. The molecule has 0 aromatic carbocycles. The number of rotatable bonds is 48. The Labute approximate surface area is 412 Å². The van der Waals surface area contributed by atoms with Gasteiger partial charge < -0.3 is 28.6 Å². The van der Waals surface area contributed by atoms with Gasteiger partial charge in [-0.2, -0.15) is 0 Å². The van der Waals surface area contributed by atoms with E-state index in [0.29, 0.717) is 12.8 Å². The third-order valence-electron chi connectivity index (χ3n) is 11.8. The molecule has 0 spiro atoms. The van der Waals surface area contributed by atoms with Gasteiger partial charge in [0.1, 0.15) is 12.6 Å². The molecule has 384 valence electrons. The van der Waals surface area contributed by atoms with E-state index in [4.69, 9.17) is 14.2 Å². The molecule has 0 bridgehead atoms. The summed E-state index contributed by atoms with van der Waals surface area (Å²) in [5.74, 6) is -1.75. The largest absolute Gasteiger partial charge is 0.544 e. The van der Waals surface area contributed by atoms with Crippen molar-refractivity contribution in [2.45, 2.75) is 231 Å². The van der Waals surface area contributed by atoms with E-state index in [1.165, 1.54) is 96.3 Å². The first-order chi connectivity index (χ1) is 32.6. The van der Waals surface area contributed by atoms with Crippen molar-refractivity contribution in [1.29, 1.82) is 0 Å². The zero-order valence-electron chi connectivity index (χ0n) is 43.8. The first-order valence-electron chi connectivity index (χ1n) is 27.1. The number of esters is 2. The number of aliphatic carboxylic acids is 1. The lowest BCUT2D eigenvalue weighted by molar-refractivity contribution is -0.889. The van der Waals surface area contributed by atoms with Crippen molar-refractivity contribution in [2.24, 2.45) is 0 Å². The third-order valence-corrected chi connectivity index (χ3v) is 11.8. The van der Waals surface area contributed by atoms with Gasteiger partial charge in [0, 0.05) is 19.3 Å². The number of hydrogen-bond acceptors (Lipinski definition) is 7. The van der Waals surface area contributed by atoms with Gasteiger partial charge in [-0.05, 0) is 83.5 Å². The maximum atomic E-state index is 12.8. The number of ether oxygens (including phenoxy) is 3. The Hall–Kier alpha value is -3.49. The van der Waals surface area contributed by atoms with Gasteiger partial charge in [-0.1, -0.05) is 202 Å². The minimum atomic E-state index is -1.13. The number of allylic oxidation sites excluding steroid dienone is 14. The molecule has 0 aromatic heterocycles. The zero-order chi connectivity index (χ0) is 49.2. The van der Waals surface area contributed by atoms with Gasteiger partial charge in [0.2, 0.25) is 0 Å². The van der Waals surface area contributed by atoms with Gasteiger partial charge in [0.25, 0.3) is 0 Å². The molecule has 0 saturated carbocycles. The number of carboxylic acids is 1. The molecule has 2 atom stereocenters. The van der Waals surface area contributed by atoms with Crippen LogP contribution in [0.15, 0.2) is 85.1 Å². The van der Waals surface area contributed by atoms with Crippen molar-refractivity contribution >= 4 is 17.9 Å². The number of likely N-dealkylation sites (N-methyl/N-ethyl adjacent to an activating group) is 1. The maximum Gasteiger partial charge on any atom is 0.306 e. The van der Waals surface area contributed by atoms with E-state index in [0.717, 1.165) is 89.9 Å². The standard InChI is InChI=1S/C59H101NO7/c1-6-8-10-12-14-16-18-20-22-24-26-28-29-30-32-34-36-38-40-42-44-46-48-50-58(62)67-55(53-65-52-51-56(59(63)64)60(3,4)5)54-66-57(61)49-47-45-43-41-39-37-35-33-31-27-25-23-21-19-17-15-13-11-9-7-2/h8-11,14-17,20-23,27,31,55-56H,6-7,12-13,18-19,24-26,28-30,32-54H2,1-5H3/b10-8+,11-9+,16-14+,17-15+,22-20+,23-21+,31-27+. The Morgan fingerprint density at radius 1 is 0.448 bits per heavy atom. The predicted octanol–water partition coefficient (Wildman–Crippen LogP) is 14.7. The summed E-state index contributed by atoms with van der Waals surface area (Å²) in [4.78, 5) is 37.1. The van der Waals surface area contributed by atoms with Crippen LogP contribution >= 0.6 is 0 Å². The second-order valence-corrected chi connectivity index (χ2v) is 19.1. The smallest absolute Gasteiger partial charge is 0.306 e. The number of hydrogen-bond donors (Lipinski definition) is 0. The van der Waals surface area contributed by atoms with Gasteiger partial charge in [0.05, 0.1) is 40.3 Å². The van der Waals surface area contributed by atoms with Crippen LogP contribution in [-0.4, -0.2) is 75.5 Å². The van der Waals surface area contributed by atoms with E-state index in [-0.39, 0.29) is 42.7 Å². The van der Waals surface area contributed by atoms with Crippen LogP contribution in [0.5, 0.6) is 0 Å². The summed E-state index contributed by atoms with van der Waals surface area (Å²) < 4.78 is 17.3. The second kappa shape index (κ2) is 48.9. The molecule has 0 fully saturated rings. The van der Waals surface area contributed by atoms with Crippen molar-refractivity contribution in [2.75, 3.05) is 41.0 Å². The minimum absolute atomic E-state index is 0.0337. The molecule has 8 nitrogen and oxygen atoms in total. The molecule has 0 saturated heterocycles. The lowest BCUT2D eigenvalue weighted by atomic mass is 10.0. The summed E-state index contributed by atoms with van der Waals surface area (Å²) in [5, 5.41) is 11.7. The van der Waals surface area contributed by atoms with Gasteiger partial charge in [-0.15, -0.1) is 0 Å². The summed E-state index contributed by atoms with van der Waals surface area (Å²) in [5.41, 5.74) is 0. The number of carbonyl (C=O) groups is 3. The molecular weight excluding hydrogens is 835 g/mol. The maximum absolute atomic E-state index is 12.8. The van der Waals surface area contributed by atoms with Crippen molar-refractivity contribution in [3.8, 4) is 0 Å². The number of unbranched alkanes of at least 4 members (excludes halogenated alkanes) is 20. The highest BCUT2D eigenvalue weighted by Gasteiger charge is 2.25. The first-order valence-corrected chi connectivity index (χ1v) is 27.1. The molecule has 0 aliphatic heterocycles. The molecular formula is C59H101NO7. The van der Waals surface area contributed by atoms with Crippen LogP contribution in [-0.2, 0) is 28.6 Å². The molecule has 0 N–H and O–H groups in total. The highest BCUT2D eigenvalue weighted by atomic mass is 16.6. The Morgan fingerprint density at radius 3 is 1.16 bits per heavy atom. The highest BCUT2D eigenvalue weighted by molar-refractivity contribution is 5.70. The Balaban J connectivity index is 4.22. The number of quaternary nitrogens is 1. The fourth-order valence-corrected chi connectivity index (χ4v) is 7.67. The fourth-order valence-electron chi connectivity index (χ4n) is 7.67. The van der Waals surface area contributed by atoms with Gasteiger partial charge in [-0.3, -0.25) is 9.59 Å². The Kier molecular flexibility index (Phi) is 46.4. The molecule has 0 aliphatic carbocycles.